The van der Waals surface area contributed by atoms with Crippen LogP contribution in [0.3, 0.4) is 0 Å². The SMILES string of the molecule is CCCCC(CC(=O)O)NC(=O)C(CC)NC(=O)OCC1c2ccccc2-c2ccccc21. The summed E-state index contributed by atoms with van der Waals surface area (Å²) < 4.78 is 5.53. The quantitative estimate of drug-likeness (QED) is 0.467. The van der Waals surface area contributed by atoms with Crippen molar-refractivity contribution < 1.29 is 24.2 Å². The van der Waals surface area contributed by atoms with E-state index in [1.165, 1.54) is 0 Å². The van der Waals surface area contributed by atoms with E-state index in [9.17, 15) is 14.4 Å². The lowest BCUT2D eigenvalue weighted by Crippen LogP contribution is -2.50. The van der Waals surface area contributed by atoms with E-state index >= 15 is 0 Å². The molecule has 0 aromatic heterocycles. The molecule has 3 rings (SSSR count). The summed E-state index contributed by atoms with van der Waals surface area (Å²) in [6.07, 6.45) is 1.85. The molecule has 2 amide bonds. The Balaban J connectivity index is 1.59. The van der Waals surface area contributed by atoms with Gasteiger partial charge in [0.25, 0.3) is 0 Å². The highest BCUT2D eigenvalue weighted by Gasteiger charge is 2.30. The van der Waals surface area contributed by atoms with Crippen LogP contribution in [0.5, 0.6) is 0 Å². The summed E-state index contributed by atoms with van der Waals surface area (Å²) in [5, 5.41) is 14.5. The molecule has 2 aromatic rings. The average molecular weight is 453 g/mol. The number of nitrogens with one attached hydrogen (secondary N) is 2. The molecule has 3 N–H and O–H groups in total. The van der Waals surface area contributed by atoms with Crippen molar-refractivity contribution >= 4 is 18.0 Å². The van der Waals surface area contributed by atoms with Crippen molar-refractivity contribution in [3.63, 3.8) is 0 Å². The monoisotopic (exact) mass is 452 g/mol. The van der Waals surface area contributed by atoms with E-state index < -0.39 is 30.1 Å². The van der Waals surface area contributed by atoms with Gasteiger partial charge in [0, 0.05) is 12.0 Å². The minimum Gasteiger partial charge on any atom is -0.481 e. The second-order valence-electron chi connectivity index (χ2n) is 8.38. The Hall–Kier alpha value is -3.35. The normalized spacial score (nSPS) is 14.0. The second kappa shape index (κ2) is 11.5. The highest BCUT2D eigenvalue weighted by Crippen LogP contribution is 2.44. The Morgan fingerprint density at radius 2 is 1.58 bits per heavy atom. The predicted molar refractivity (Wildman–Crippen MR) is 126 cm³/mol. The van der Waals surface area contributed by atoms with E-state index in [2.05, 4.69) is 22.8 Å². The molecular weight excluding hydrogens is 420 g/mol. The smallest absolute Gasteiger partial charge is 0.407 e. The zero-order valence-corrected chi connectivity index (χ0v) is 19.2. The molecule has 0 fully saturated rings. The van der Waals surface area contributed by atoms with Gasteiger partial charge in [0.15, 0.2) is 0 Å². The molecule has 0 spiro atoms. The molecule has 2 atom stereocenters. The molecule has 0 aliphatic heterocycles. The van der Waals surface area contributed by atoms with Crippen LogP contribution >= 0.6 is 0 Å². The summed E-state index contributed by atoms with van der Waals surface area (Å²) in [7, 11) is 0. The van der Waals surface area contributed by atoms with E-state index in [4.69, 9.17) is 9.84 Å². The van der Waals surface area contributed by atoms with Crippen LogP contribution in [0.1, 0.15) is 63.0 Å². The van der Waals surface area contributed by atoms with Gasteiger partial charge in [-0.3, -0.25) is 9.59 Å². The van der Waals surface area contributed by atoms with E-state index in [0.717, 1.165) is 35.1 Å². The minimum absolute atomic E-state index is 0.0638. The molecule has 176 valence electrons. The summed E-state index contributed by atoms with van der Waals surface area (Å²) in [6.45, 7) is 3.95. The van der Waals surface area contributed by atoms with Gasteiger partial charge in [-0.15, -0.1) is 0 Å². The number of ether oxygens (including phenoxy) is 1. The lowest BCUT2D eigenvalue weighted by atomic mass is 9.98. The summed E-state index contributed by atoms with van der Waals surface area (Å²) >= 11 is 0. The number of unbranched alkanes of at least 4 members (excludes halogenated alkanes) is 1. The molecule has 0 heterocycles. The fourth-order valence-electron chi connectivity index (χ4n) is 4.32. The number of benzene rings is 2. The number of fused-ring (bicyclic) bond motifs is 3. The fourth-order valence-corrected chi connectivity index (χ4v) is 4.32. The maximum Gasteiger partial charge on any atom is 0.407 e. The summed E-state index contributed by atoms with van der Waals surface area (Å²) in [4.78, 5) is 36.3. The van der Waals surface area contributed by atoms with E-state index in [-0.39, 0.29) is 18.9 Å². The first-order valence-electron chi connectivity index (χ1n) is 11.6. The zero-order valence-electron chi connectivity index (χ0n) is 19.2. The number of hydrogen-bond donors (Lipinski definition) is 3. The number of hydrogen-bond acceptors (Lipinski definition) is 4. The number of rotatable bonds is 11. The number of aliphatic carboxylic acids is 1. The highest BCUT2D eigenvalue weighted by atomic mass is 16.5. The van der Waals surface area contributed by atoms with Gasteiger partial charge in [-0.25, -0.2) is 4.79 Å². The Bertz CT molecular complexity index is 945. The highest BCUT2D eigenvalue weighted by molar-refractivity contribution is 5.86. The number of carboxylic acids is 1. The standard InChI is InChI=1S/C26H32N2O5/c1-3-5-10-17(15-24(29)30)27-25(31)23(4-2)28-26(32)33-16-22-20-13-8-6-11-18(20)19-12-7-9-14-21(19)22/h6-9,11-14,17,22-23H,3-5,10,15-16H2,1-2H3,(H,27,31)(H,28,32)(H,29,30). The van der Waals surface area contributed by atoms with Gasteiger partial charge in [-0.2, -0.15) is 0 Å². The maximum absolute atomic E-state index is 12.7. The van der Waals surface area contributed by atoms with Crippen LogP contribution in [0.4, 0.5) is 4.79 Å². The number of carboxylic acid groups (broad SMARTS) is 1. The lowest BCUT2D eigenvalue weighted by molar-refractivity contribution is -0.137. The topological polar surface area (TPSA) is 105 Å². The molecule has 33 heavy (non-hydrogen) atoms. The molecule has 7 heteroatoms. The molecule has 0 saturated heterocycles. The van der Waals surface area contributed by atoms with Gasteiger partial charge in [0.05, 0.1) is 6.42 Å². The molecular formula is C26H32N2O5. The van der Waals surface area contributed by atoms with Crippen molar-refractivity contribution in [2.45, 2.75) is 64.0 Å². The van der Waals surface area contributed by atoms with Crippen molar-refractivity contribution in [2.75, 3.05) is 6.61 Å². The van der Waals surface area contributed by atoms with E-state index in [0.29, 0.717) is 12.8 Å². The third kappa shape index (κ3) is 6.12. The van der Waals surface area contributed by atoms with Crippen molar-refractivity contribution in [2.24, 2.45) is 0 Å². The number of alkyl carbamates (subject to hydrolysis) is 1. The third-order valence-electron chi connectivity index (χ3n) is 6.03. The van der Waals surface area contributed by atoms with Crippen LogP contribution in [0.25, 0.3) is 11.1 Å². The van der Waals surface area contributed by atoms with E-state index in [1.54, 1.807) is 6.92 Å². The number of amides is 2. The predicted octanol–water partition coefficient (Wildman–Crippen LogP) is 4.45. The molecule has 1 aliphatic rings. The summed E-state index contributed by atoms with van der Waals surface area (Å²) in [6, 6.07) is 14.9. The largest absolute Gasteiger partial charge is 0.481 e. The van der Waals surface area contributed by atoms with Crippen LogP contribution in [-0.4, -0.2) is 41.8 Å². The van der Waals surface area contributed by atoms with Gasteiger partial charge in [0.1, 0.15) is 12.6 Å². The van der Waals surface area contributed by atoms with Gasteiger partial charge in [-0.05, 0) is 35.1 Å². The molecule has 0 bridgehead atoms. The molecule has 2 aromatic carbocycles. The molecule has 7 nitrogen and oxygen atoms in total. The summed E-state index contributed by atoms with van der Waals surface area (Å²) in [5.41, 5.74) is 4.52. The first-order chi connectivity index (χ1) is 15.9. The van der Waals surface area contributed by atoms with Gasteiger partial charge < -0.3 is 20.5 Å². The van der Waals surface area contributed by atoms with Crippen molar-refractivity contribution in [1.29, 1.82) is 0 Å². The van der Waals surface area contributed by atoms with Crippen LogP contribution in [0.2, 0.25) is 0 Å². The summed E-state index contributed by atoms with van der Waals surface area (Å²) in [5.74, 6) is -1.42. The van der Waals surface area contributed by atoms with Crippen LogP contribution in [0, 0.1) is 0 Å². The lowest BCUT2D eigenvalue weighted by Gasteiger charge is -2.22. The molecule has 2 unspecified atom stereocenters. The Morgan fingerprint density at radius 1 is 0.970 bits per heavy atom. The van der Waals surface area contributed by atoms with Gasteiger partial charge >= 0.3 is 12.1 Å². The zero-order chi connectivity index (χ0) is 23.8. The molecule has 1 aliphatic carbocycles. The Morgan fingerprint density at radius 3 is 2.12 bits per heavy atom. The fraction of sp³-hybridized carbons (Fsp3) is 0.423. The molecule has 0 saturated carbocycles. The van der Waals surface area contributed by atoms with Gasteiger partial charge in [0.2, 0.25) is 5.91 Å². The van der Waals surface area contributed by atoms with Crippen LogP contribution in [-0.2, 0) is 14.3 Å². The van der Waals surface area contributed by atoms with Crippen LogP contribution in [0.15, 0.2) is 48.5 Å². The molecule has 0 radical (unpaired) electrons. The number of carbonyl (C=O) groups is 3. The average Bonchev–Trinajstić information content (AvgIpc) is 3.13. The van der Waals surface area contributed by atoms with Crippen LogP contribution < -0.4 is 10.6 Å². The first kappa shape index (κ1) is 24.3. The third-order valence-corrected chi connectivity index (χ3v) is 6.03. The number of carbonyl (C=O) groups excluding carboxylic acids is 2. The Labute approximate surface area is 194 Å². The van der Waals surface area contributed by atoms with E-state index in [1.807, 2.05) is 43.3 Å². The van der Waals surface area contributed by atoms with Crippen molar-refractivity contribution in [3.05, 3.63) is 59.7 Å². The minimum atomic E-state index is -0.964. The second-order valence-corrected chi connectivity index (χ2v) is 8.38. The van der Waals surface area contributed by atoms with Crippen molar-refractivity contribution in [1.82, 2.24) is 10.6 Å². The Kier molecular flexibility index (Phi) is 8.46. The maximum atomic E-state index is 12.7. The van der Waals surface area contributed by atoms with Gasteiger partial charge in [-0.1, -0.05) is 75.2 Å². The van der Waals surface area contributed by atoms with Crippen molar-refractivity contribution in [3.8, 4) is 11.1 Å². The first-order valence-corrected chi connectivity index (χ1v) is 11.6.